The average Bonchev–Trinajstić information content (AvgIpc) is 2.89. The molecule has 2 saturated heterocycles. The first-order chi connectivity index (χ1) is 9.13. The van der Waals surface area contributed by atoms with Crippen molar-refractivity contribution in [3.63, 3.8) is 0 Å². The highest BCUT2D eigenvalue weighted by Crippen LogP contribution is 2.38. The maximum absolute atomic E-state index is 6.24. The molecule has 3 nitrogen and oxygen atoms in total. The lowest BCUT2D eigenvalue weighted by Crippen LogP contribution is -2.60. The normalized spacial score (nSPS) is 37.1. The number of likely N-dealkylation sites (tertiary alicyclic amines) is 1. The van der Waals surface area contributed by atoms with Crippen LogP contribution in [0.4, 0.5) is 0 Å². The zero-order valence-electron chi connectivity index (χ0n) is 13.0. The summed E-state index contributed by atoms with van der Waals surface area (Å²) < 4.78 is 5.95. The highest BCUT2D eigenvalue weighted by Gasteiger charge is 2.45. The predicted molar refractivity (Wildman–Crippen MR) is 80.2 cm³/mol. The van der Waals surface area contributed by atoms with E-state index in [2.05, 4.69) is 25.7 Å². The van der Waals surface area contributed by atoms with Crippen LogP contribution in [0.1, 0.15) is 59.3 Å². The van der Waals surface area contributed by atoms with E-state index in [0.29, 0.717) is 6.10 Å². The number of hydrogen-bond acceptors (Lipinski definition) is 3. The molecule has 112 valence electrons. The summed E-state index contributed by atoms with van der Waals surface area (Å²) in [5, 5.41) is 0. The predicted octanol–water partition coefficient (Wildman–Crippen LogP) is 2.78. The van der Waals surface area contributed by atoms with Crippen molar-refractivity contribution in [2.45, 2.75) is 77.0 Å². The van der Waals surface area contributed by atoms with Crippen LogP contribution in [-0.4, -0.2) is 42.3 Å². The molecular weight excluding hydrogens is 236 g/mol. The van der Waals surface area contributed by atoms with Crippen molar-refractivity contribution < 1.29 is 4.74 Å². The number of rotatable bonds is 5. The van der Waals surface area contributed by atoms with E-state index >= 15 is 0 Å². The molecule has 0 saturated carbocycles. The van der Waals surface area contributed by atoms with Gasteiger partial charge in [0.15, 0.2) is 0 Å². The van der Waals surface area contributed by atoms with Crippen LogP contribution in [0.15, 0.2) is 0 Å². The van der Waals surface area contributed by atoms with Gasteiger partial charge in [-0.15, -0.1) is 0 Å². The lowest BCUT2D eigenvalue weighted by molar-refractivity contribution is -0.0818. The van der Waals surface area contributed by atoms with Gasteiger partial charge in [0.1, 0.15) is 0 Å². The largest absolute Gasteiger partial charge is 0.378 e. The van der Waals surface area contributed by atoms with Gasteiger partial charge in [0.25, 0.3) is 0 Å². The average molecular weight is 268 g/mol. The Kier molecular flexibility index (Phi) is 5.27. The van der Waals surface area contributed by atoms with Crippen molar-refractivity contribution in [3.05, 3.63) is 0 Å². The van der Waals surface area contributed by atoms with E-state index in [1.54, 1.807) is 0 Å². The van der Waals surface area contributed by atoms with Gasteiger partial charge >= 0.3 is 0 Å². The van der Waals surface area contributed by atoms with Crippen LogP contribution in [0.25, 0.3) is 0 Å². The third-order valence-corrected chi connectivity index (χ3v) is 5.20. The molecular formula is C16H32N2O. The number of nitrogens with zero attached hydrogens (tertiary/aromatic N) is 1. The van der Waals surface area contributed by atoms with E-state index in [1.165, 1.54) is 32.2 Å². The maximum atomic E-state index is 6.24. The molecule has 0 spiro atoms. The Hall–Kier alpha value is -0.120. The first kappa shape index (κ1) is 15.3. The van der Waals surface area contributed by atoms with Crippen LogP contribution >= 0.6 is 0 Å². The van der Waals surface area contributed by atoms with Crippen molar-refractivity contribution in [2.75, 3.05) is 19.7 Å². The van der Waals surface area contributed by atoms with Gasteiger partial charge in [-0.1, -0.05) is 27.2 Å². The van der Waals surface area contributed by atoms with Crippen LogP contribution in [0, 0.1) is 5.92 Å². The SMILES string of the molecule is CCCC1CC(CN)(N2CCCC2C(C)C)CCO1. The molecule has 0 bridgehead atoms. The van der Waals surface area contributed by atoms with E-state index in [0.717, 1.165) is 38.0 Å². The second kappa shape index (κ2) is 6.55. The molecule has 0 aromatic rings. The summed E-state index contributed by atoms with van der Waals surface area (Å²) in [5.41, 5.74) is 6.45. The van der Waals surface area contributed by atoms with E-state index in [-0.39, 0.29) is 5.54 Å². The molecule has 2 aliphatic rings. The summed E-state index contributed by atoms with van der Waals surface area (Å²) in [6.07, 6.45) is 7.76. The molecule has 2 aliphatic heterocycles. The summed E-state index contributed by atoms with van der Waals surface area (Å²) in [6.45, 7) is 9.88. The highest BCUT2D eigenvalue weighted by atomic mass is 16.5. The summed E-state index contributed by atoms with van der Waals surface area (Å²) in [6, 6.07) is 0.726. The maximum Gasteiger partial charge on any atom is 0.0593 e. The van der Waals surface area contributed by atoms with E-state index in [1.807, 2.05) is 0 Å². The molecule has 2 rings (SSSR count). The molecule has 0 amide bonds. The standard InChI is InChI=1S/C16H32N2O/c1-4-6-14-11-16(12-17,8-10-19-14)18-9-5-7-15(18)13(2)3/h13-15H,4-12,17H2,1-3H3. The molecule has 0 aliphatic carbocycles. The van der Waals surface area contributed by atoms with E-state index in [9.17, 15) is 0 Å². The fourth-order valence-corrected chi connectivity index (χ4v) is 4.15. The number of ether oxygens (including phenoxy) is 1. The van der Waals surface area contributed by atoms with Gasteiger partial charge in [-0.3, -0.25) is 4.90 Å². The van der Waals surface area contributed by atoms with Crippen LogP contribution < -0.4 is 5.73 Å². The van der Waals surface area contributed by atoms with Crippen molar-refractivity contribution in [2.24, 2.45) is 11.7 Å². The zero-order valence-corrected chi connectivity index (χ0v) is 13.0. The quantitative estimate of drug-likeness (QED) is 0.833. The molecule has 19 heavy (non-hydrogen) atoms. The summed E-state index contributed by atoms with van der Waals surface area (Å²) >= 11 is 0. The molecule has 3 atom stereocenters. The Balaban J connectivity index is 2.12. The highest BCUT2D eigenvalue weighted by molar-refractivity contribution is 5.01. The molecule has 3 heteroatoms. The fraction of sp³-hybridized carbons (Fsp3) is 1.00. The Morgan fingerprint density at radius 3 is 2.84 bits per heavy atom. The van der Waals surface area contributed by atoms with Crippen LogP contribution in [0.5, 0.6) is 0 Å². The van der Waals surface area contributed by atoms with Crippen LogP contribution in [0.3, 0.4) is 0 Å². The van der Waals surface area contributed by atoms with Crippen molar-refractivity contribution in [1.82, 2.24) is 4.90 Å². The zero-order chi connectivity index (χ0) is 13.9. The second-order valence-corrected chi connectivity index (χ2v) is 6.81. The molecule has 3 unspecified atom stereocenters. The minimum Gasteiger partial charge on any atom is -0.378 e. The Labute approximate surface area is 118 Å². The van der Waals surface area contributed by atoms with Gasteiger partial charge in [0.05, 0.1) is 6.10 Å². The van der Waals surface area contributed by atoms with Crippen LogP contribution in [-0.2, 0) is 4.74 Å². The molecule has 2 fully saturated rings. The summed E-state index contributed by atoms with van der Waals surface area (Å²) in [4.78, 5) is 2.75. The van der Waals surface area contributed by atoms with Crippen LogP contribution in [0.2, 0.25) is 0 Å². The third-order valence-electron chi connectivity index (χ3n) is 5.20. The van der Waals surface area contributed by atoms with Crippen molar-refractivity contribution in [3.8, 4) is 0 Å². The third kappa shape index (κ3) is 3.14. The number of nitrogens with two attached hydrogens (primary N) is 1. The second-order valence-electron chi connectivity index (χ2n) is 6.81. The first-order valence-corrected chi connectivity index (χ1v) is 8.21. The van der Waals surface area contributed by atoms with Gasteiger partial charge in [-0.05, 0) is 44.6 Å². The molecule has 2 N–H and O–H groups in total. The molecule has 0 aromatic heterocycles. The summed E-state index contributed by atoms with van der Waals surface area (Å²) in [7, 11) is 0. The number of hydrogen-bond donors (Lipinski definition) is 1. The Morgan fingerprint density at radius 1 is 1.42 bits per heavy atom. The van der Waals surface area contributed by atoms with Gasteiger partial charge in [0.2, 0.25) is 0 Å². The Morgan fingerprint density at radius 2 is 2.21 bits per heavy atom. The lowest BCUT2D eigenvalue weighted by atomic mass is 9.82. The van der Waals surface area contributed by atoms with Gasteiger partial charge < -0.3 is 10.5 Å². The minimum absolute atomic E-state index is 0.212. The topological polar surface area (TPSA) is 38.5 Å². The molecule has 0 aromatic carbocycles. The van der Waals surface area contributed by atoms with E-state index < -0.39 is 0 Å². The van der Waals surface area contributed by atoms with Gasteiger partial charge in [-0.25, -0.2) is 0 Å². The van der Waals surface area contributed by atoms with Crippen molar-refractivity contribution >= 4 is 0 Å². The smallest absolute Gasteiger partial charge is 0.0593 e. The minimum atomic E-state index is 0.212. The van der Waals surface area contributed by atoms with Gasteiger partial charge in [-0.2, -0.15) is 0 Å². The lowest BCUT2D eigenvalue weighted by Gasteiger charge is -2.49. The van der Waals surface area contributed by atoms with Crippen molar-refractivity contribution in [1.29, 1.82) is 0 Å². The van der Waals surface area contributed by atoms with Gasteiger partial charge in [0, 0.05) is 24.7 Å². The molecule has 2 heterocycles. The summed E-state index contributed by atoms with van der Waals surface area (Å²) in [5.74, 6) is 0.735. The first-order valence-electron chi connectivity index (χ1n) is 8.21. The fourth-order valence-electron chi connectivity index (χ4n) is 4.15. The Bertz CT molecular complexity index is 280. The monoisotopic (exact) mass is 268 g/mol. The van der Waals surface area contributed by atoms with E-state index in [4.69, 9.17) is 10.5 Å². The molecule has 0 radical (unpaired) electrons.